The fourth-order valence-corrected chi connectivity index (χ4v) is 4.13. The fourth-order valence-electron chi connectivity index (χ4n) is 4.13. The molecule has 6 heteroatoms. The highest BCUT2D eigenvalue weighted by atomic mass is 16.6. The first-order chi connectivity index (χ1) is 14.0. The molecule has 29 heavy (non-hydrogen) atoms. The maximum atomic E-state index is 13.3. The molecule has 150 valence electrons. The minimum absolute atomic E-state index is 0.0927. The molecule has 2 aromatic carbocycles. The maximum Gasteiger partial charge on any atom is 0.339 e. The molecular weight excluding hydrogens is 368 g/mol. The SMILES string of the molecule is CC1(C(=O)N2CCCC(C(=O)Nc3ccccc3)C2)Cc2ccccc2C(=O)O1. The first kappa shape index (κ1) is 19.2. The van der Waals surface area contributed by atoms with E-state index >= 15 is 0 Å². The first-order valence-corrected chi connectivity index (χ1v) is 9.93. The maximum absolute atomic E-state index is 13.3. The number of carbonyl (C=O) groups is 3. The standard InChI is InChI=1S/C23H24N2O4/c1-23(14-16-8-5-6-12-19(16)21(27)29-23)22(28)25-13-7-9-17(15-25)20(26)24-18-10-3-2-4-11-18/h2-6,8,10-12,17H,7,9,13-15H2,1H3,(H,24,26). The predicted molar refractivity (Wildman–Crippen MR) is 108 cm³/mol. The number of anilines is 1. The highest BCUT2D eigenvalue weighted by Gasteiger charge is 2.46. The average molecular weight is 392 g/mol. The Kier molecular flexibility index (Phi) is 5.09. The molecule has 2 amide bonds. The van der Waals surface area contributed by atoms with Gasteiger partial charge < -0.3 is 15.0 Å². The van der Waals surface area contributed by atoms with E-state index in [0.29, 0.717) is 25.1 Å². The normalized spacial score (nSPS) is 23.7. The third kappa shape index (κ3) is 3.88. The molecule has 0 bridgehead atoms. The third-order valence-electron chi connectivity index (χ3n) is 5.66. The van der Waals surface area contributed by atoms with Crippen LogP contribution in [0.1, 0.15) is 35.7 Å². The van der Waals surface area contributed by atoms with Gasteiger partial charge in [-0.1, -0.05) is 36.4 Å². The summed E-state index contributed by atoms with van der Waals surface area (Å²) in [5, 5.41) is 2.92. The molecule has 0 radical (unpaired) electrons. The molecule has 0 aliphatic carbocycles. The number of ether oxygens (including phenoxy) is 1. The zero-order valence-electron chi connectivity index (χ0n) is 16.4. The Labute approximate surface area is 169 Å². The molecule has 1 fully saturated rings. The molecule has 2 aliphatic rings. The van der Waals surface area contributed by atoms with Crippen LogP contribution in [-0.2, 0) is 20.7 Å². The fraction of sp³-hybridized carbons (Fsp3) is 0.348. The van der Waals surface area contributed by atoms with Crippen molar-refractivity contribution in [1.82, 2.24) is 4.90 Å². The number of nitrogens with zero attached hydrogens (tertiary/aromatic N) is 1. The second-order valence-electron chi connectivity index (χ2n) is 7.90. The van der Waals surface area contributed by atoms with Gasteiger partial charge >= 0.3 is 5.97 Å². The summed E-state index contributed by atoms with van der Waals surface area (Å²) in [6, 6.07) is 16.5. The number of piperidine rings is 1. The zero-order chi connectivity index (χ0) is 20.4. The number of rotatable bonds is 3. The largest absolute Gasteiger partial charge is 0.445 e. The van der Waals surface area contributed by atoms with E-state index < -0.39 is 11.6 Å². The van der Waals surface area contributed by atoms with E-state index in [0.717, 1.165) is 24.1 Å². The van der Waals surface area contributed by atoms with E-state index in [9.17, 15) is 14.4 Å². The summed E-state index contributed by atoms with van der Waals surface area (Å²) in [5.74, 6) is -1.09. The number of benzene rings is 2. The van der Waals surface area contributed by atoms with Crippen molar-refractivity contribution in [2.75, 3.05) is 18.4 Å². The molecule has 0 saturated carbocycles. The third-order valence-corrected chi connectivity index (χ3v) is 5.66. The van der Waals surface area contributed by atoms with Gasteiger partial charge in [-0.25, -0.2) is 4.79 Å². The Balaban J connectivity index is 1.46. The smallest absolute Gasteiger partial charge is 0.339 e. The van der Waals surface area contributed by atoms with Crippen LogP contribution in [0.4, 0.5) is 5.69 Å². The molecule has 2 unspecified atom stereocenters. The molecule has 2 heterocycles. The van der Waals surface area contributed by atoms with Gasteiger partial charge in [-0.05, 0) is 43.5 Å². The molecule has 4 rings (SSSR count). The monoisotopic (exact) mass is 392 g/mol. The molecular formula is C23H24N2O4. The highest BCUT2D eigenvalue weighted by Crippen LogP contribution is 2.31. The van der Waals surface area contributed by atoms with Crippen molar-refractivity contribution in [3.05, 3.63) is 65.7 Å². The van der Waals surface area contributed by atoms with E-state index in [4.69, 9.17) is 4.74 Å². The van der Waals surface area contributed by atoms with Crippen molar-refractivity contribution in [2.45, 2.75) is 31.8 Å². The zero-order valence-corrected chi connectivity index (χ0v) is 16.4. The number of amides is 2. The molecule has 2 atom stereocenters. The van der Waals surface area contributed by atoms with Gasteiger partial charge in [0.2, 0.25) is 5.91 Å². The van der Waals surface area contributed by atoms with Gasteiger partial charge in [-0.3, -0.25) is 9.59 Å². The Hall–Kier alpha value is -3.15. The number of carbonyl (C=O) groups excluding carboxylic acids is 3. The minimum atomic E-state index is -1.25. The van der Waals surface area contributed by atoms with Crippen LogP contribution in [0.3, 0.4) is 0 Å². The van der Waals surface area contributed by atoms with Crippen LogP contribution >= 0.6 is 0 Å². The van der Waals surface area contributed by atoms with Crippen LogP contribution in [-0.4, -0.2) is 41.4 Å². The van der Waals surface area contributed by atoms with E-state index in [1.807, 2.05) is 42.5 Å². The van der Waals surface area contributed by atoms with Crippen LogP contribution in [0.15, 0.2) is 54.6 Å². The van der Waals surface area contributed by atoms with Gasteiger partial charge in [0.05, 0.1) is 11.5 Å². The summed E-state index contributed by atoms with van der Waals surface area (Å²) in [6.07, 6.45) is 1.80. The van der Waals surface area contributed by atoms with Gasteiger partial charge in [0.1, 0.15) is 0 Å². The molecule has 0 spiro atoms. The summed E-state index contributed by atoms with van der Waals surface area (Å²) < 4.78 is 5.58. The van der Waals surface area contributed by atoms with E-state index in [1.165, 1.54) is 0 Å². The number of likely N-dealkylation sites (tertiary alicyclic amines) is 1. The van der Waals surface area contributed by atoms with Crippen LogP contribution in [0.2, 0.25) is 0 Å². The van der Waals surface area contributed by atoms with Crippen LogP contribution in [0.5, 0.6) is 0 Å². The number of esters is 1. The number of fused-ring (bicyclic) bond motifs is 1. The van der Waals surface area contributed by atoms with Crippen molar-refractivity contribution >= 4 is 23.5 Å². The van der Waals surface area contributed by atoms with E-state index in [2.05, 4.69) is 5.32 Å². The molecule has 6 nitrogen and oxygen atoms in total. The Morgan fingerprint density at radius 3 is 2.62 bits per heavy atom. The van der Waals surface area contributed by atoms with Gasteiger partial charge in [-0.2, -0.15) is 0 Å². The van der Waals surface area contributed by atoms with Crippen molar-refractivity contribution in [1.29, 1.82) is 0 Å². The highest BCUT2D eigenvalue weighted by molar-refractivity contribution is 5.98. The topological polar surface area (TPSA) is 75.7 Å². The summed E-state index contributed by atoms with van der Waals surface area (Å²) >= 11 is 0. The van der Waals surface area contributed by atoms with Gasteiger partial charge in [0.25, 0.3) is 5.91 Å². The molecule has 2 aromatic rings. The lowest BCUT2D eigenvalue weighted by Gasteiger charge is -2.40. The van der Waals surface area contributed by atoms with Crippen LogP contribution in [0.25, 0.3) is 0 Å². The second-order valence-corrected chi connectivity index (χ2v) is 7.90. The van der Waals surface area contributed by atoms with Crippen molar-refractivity contribution in [2.24, 2.45) is 5.92 Å². The summed E-state index contributed by atoms with van der Waals surface area (Å²) in [4.78, 5) is 40.0. The summed E-state index contributed by atoms with van der Waals surface area (Å²) in [5.41, 5.74) is 0.820. The van der Waals surface area contributed by atoms with Crippen LogP contribution in [0, 0.1) is 5.92 Å². The summed E-state index contributed by atoms with van der Waals surface area (Å²) in [6.45, 7) is 2.55. The van der Waals surface area contributed by atoms with E-state index in [-0.39, 0.29) is 17.7 Å². The lowest BCUT2D eigenvalue weighted by Crippen LogP contribution is -2.56. The minimum Gasteiger partial charge on any atom is -0.445 e. The van der Waals surface area contributed by atoms with Crippen molar-refractivity contribution in [3.8, 4) is 0 Å². The van der Waals surface area contributed by atoms with Crippen molar-refractivity contribution < 1.29 is 19.1 Å². The number of hydrogen-bond donors (Lipinski definition) is 1. The lowest BCUT2D eigenvalue weighted by atomic mass is 9.87. The van der Waals surface area contributed by atoms with Crippen molar-refractivity contribution in [3.63, 3.8) is 0 Å². The van der Waals surface area contributed by atoms with Gasteiger partial charge in [0.15, 0.2) is 5.60 Å². The second kappa shape index (κ2) is 7.70. The number of nitrogens with one attached hydrogen (secondary N) is 1. The average Bonchev–Trinajstić information content (AvgIpc) is 2.74. The number of cyclic esters (lactones) is 1. The summed E-state index contributed by atoms with van der Waals surface area (Å²) in [7, 11) is 0. The first-order valence-electron chi connectivity index (χ1n) is 9.93. The van der Waals surface area contributed by atoms with E-state index in [1.54, 1.807) is 24.0 Å². The molecule has 2 aliphatic heterocycles. The molecule has 1 N–H and O–H groups in total. The Morgan fingerprint density at radius 1 is 1.10 bits per heavy atom. The van der Waals surface area contributed by atoms with Gasteiger partial charge in [-0.15, -0.1) is 0 Å². The Morgan fingerprint density at radius 2 is 1.83 bits per heavy atom. The number of para-hydroxylation sites is 1. The lowest BCUT2D eigenvalue weighted by molar-refractivity contribution is -0.153. The molecule has 0 aromatic heterocycles. The van der Waals surface area contributed by atoms with Gasteiger partial charge in [0, 0.05) is 25.2 Å². The van der Waals surface area contributed by atoms with Crippen LogP contribution < -0.4 is 5.32 Å². The quantitative estimate of drug-likeness (QED) is 0.815. The number of hydrogen-bond acceptors (Lipinski definition) is 4. The predicted octanol–water partition coefficient (Wildman–Crippen LogP) is 3.04. The Bertz CT molecular complexity index is 943. The molecule has 1 saturated heterocycles.